The van der Waals surface area contributed by atoms with Crippen LogP contribution in [0.25, 0.3) is 5.69 Å². The van der Waals surface area contributed by atoms with Gasteiger partial charge in [0.15, 0.2) is 0 Å². The number of aromatic nitrogens is 2. The van der Waals surface area contributed by atoms with Gasteiger partial charge in [-0.25, -0.2) is 9.48 Å². The molecule has 1 fully saturated rings. The molecule has 34 heavy (non-hydrogen) atoms. The van der Waals surface area contributed by atoms with Gasteiger partial charge in [0.2, 0.25) is 0 Å². The van der Waals surface area contributed by atoms with Crippen LogP contribution in [0.15, 0.2) is 54.7 Å². The zero-order valence-corrected chi connectivity index (χ0v) is 19.8. The molecule has 1 saturated heterocycles. The lowest BCUT2D eigenvalue weighted by Crippen LogP contribution is -2.44. The molecule has 0 radical (unpaired) electrons. The number of nitrogens with zero attached hydrogens (tertiary/aromatic N) is 3. The van der Waals surface area contributed by atoms with Crippen LogP contribution in [0.1, 0.15) is 46.2 Å². The molecule has 2 aromatic carbocycles. The lowest BCUT2D eigenvalue weighted by atomic mass is 10.0. The highest BCUT2D eigenvalue weighted by atomic mass is 16.5. The highest BCUT2D eigenvalue weighted by Gasteiger charge is 2.22. The molecule has 1 aromatic heterocycles. The van der Waals surface area contributed by atoms with Crippen molar-refractivity contribution in [3.05, 3.63) is 71.5 Å². The van der Waals surface area contributed by atoms with Crippen molar-refractivity contribution in [2.45, 2.75) is 32.7 Å². The van der Waals surface area contributed by atoms with Crippen LogP contribution in [-0.2, 0) is 4.74 Å². The van der Waals surface area contributed by atoms with Crippen LogP contribution in [0.3, 0.4) is 0 Å². The maximum atomic E-state index is 12.8. The monoisotopic (exact) mass is 462 g/mol. The minimum absolute atomic E-state index is 0.0844. The number of esters is 1. The van der Waals surface area contributed by atoms with E-state index in [9.17, 15) is 9.59 Å². The fraction of sp³-hybridized carbons (Fsp3) is 0.346. The Hall–Kier alpha value is -3.81. The maximum Gasteiger partial charge on any atom is 0.341 e. The fourth-order valence-corrected chi connectivity index (χ4v) is 4.18. The minimum Gasteiger partial charge on any atom is -0.497 e. The second-order valence-electron chi connectivity index (χ2n) is 8.26. The zero-order chi connectivity index (χ0) is 24.1. The number of ether oxygens (including phenoxy) is 2. The fourth-order valence-electron chi connectivity index (χ4n) is 4.18. The Kier molecular flexibility index (Phi) is 7.15. The number of amides is 1. The lowest BCUT2D eigenvalue weighted by Gasteiger charge is -2.34. The Morgan fingerprint density at radius 2 is 1.68 bits per heavy atom. The standard InChI is InChI=1S/C26H30N4O4/c1-4-34-26(32)24-17-27-30(18(24)2)22-7-5-19(6-8-22)25(31)28-20-13-15-29(16-14-20)21-9-11-23(33-3)12-10-21/h5-12,17,20H,4,13-16H2,1-3H3,(H,28,31). The molecule has 0 bridgehead atoms. The summed E-state index contributed by atoms with van der Waals surface area (Å²) in [7, 11) is 1.66. The molecule has 1 amide bonds. The van der Waals surface area contributed by atoms with E-state index in [1.54, 1.807) is 30.8 Å². The molecule has 0 aliphatic carbocycles. The van der Waals surface area contributed by atoms with E-state index in [1.807, 2.05) is 31.2 Å². The van der Waals surface area contributed by atoms with Crippen LogP contribution in [0, 0.1) is 6.92 Å². The van der Waals surface area contributed by atoms with Gasteiger partial charge in [-0.1, -0.05) is 0 Å². The molecule has 0 atom stereocenters. The summed E-state index contributed by atoms with van der Waals surface area (Å²) in [6, 6.07) is 15.4. The zero-order valence-electron chi connectivity index (χ0n) is 19.8. The van der Waals surface area contributed by atoms with Gasteiger partial charge in [-0.15, -0.1) is 0 Å². The van der Waals surface area contributed by atoms with Crippen LogP contribution in [-0.4, -0.2) is 54.5 Å². The predicted molar refractivity (Wildman–Crippen MR) is 130 cm³/mol. The molecule has 1 aliphatic heterocycles. The molecule has 0 saturated carbocycles. The summed E-state index contributed by atoms with van der Waals surface area (Å²) < 4.78 is 12.0. The van der Waals surface area contributed by atoms with E-state index in [0.29, 0.717) is 23.4 Å². The van der Waals surface area contributed by atoms with Crippen LogP contribution in [0.2, 0.25) is 0 Å². The number of hydrogen-bond donors (Lipinski definition) is 1. The maximum absolute atomic E-state index is 12.8. The van der Waals surface area contributed by atoms with E-state index in [-0.39, 0.29) is 17.9 Å². The third-order valence-corrected chi connectivity index (χ3v) is 6.15. The van der Waals surface area contributed by atoms with Crippen molar-refractivity contribution in [1.82, 2.24) is 15.1 Å². The number of hydrogen-bond acceptors (Lipinski definition) is 6. The number of rotatable bonds is 7. The van der Waals surface area contributed by atoms with Crippen molar-refractivity contribution in [2.75, 3.05) is 31.7 Å². The molecule has 3 aromatic rings. The van der Waals surface area contributed by atoms with Crippen molar-refractivity contribution in [3.63, 3.8) is 0 Å². The Balaban J connectivity index is 1.33. The molecular formula is C26H30N4O4. The van der Waals surface area contributed by atoms with E-state index < -0.39 is 0 Å². The highest BCUT2D eigenvalue weighted by molar-refractivity contribution is 5.94. The molecule has 1 N–H and O–H groups in total. The molecule has 1 aliphatic rings. The van der Waals surface area contributed by atoms with Crippen molar-refractivity contribution in [3.8, 4) is 11.4 Å². The molecule has 0 unspecified atom stereocenters. The number of carbonyl (C=O) groups is 2. The summed E-state index contributed by atoms with van der Waals surface area (Å²) in [4.78, 5) is 27.2. The molecule has 2 heterocycles. The first-order chi connectivity index (χ1) is 16.5. The minimum atomic E-state index is -0.389. The van der Waals surface area contributed by atoms with Gasteiger partial charge in [0.05, 0.1) is 31.3 Å². The number of anilines is 1. The van der Waals surface area contributed by atoms with Gasteiger partial charge < -0.3 is 19.7 Å². The van der Waals surface area contributed by atoms with E-state index in [4.69, 9.17) is 9.47 Å². The number of carbonyl (C=O) groups excluding carboxylic acids is 2. The van der Waals surface area contributed by atoms with Gasteiger partial charge in [-0.05, 0) is 75.2 Å². The van der Waals surface area contributed by atoms with Gasteiger partial charge in [0, 0.05) is 30.4 Å². The summed E-state index contributed by atoms with van der Waals surface area (Å²) in [5.74, 6) is 0.373. The average Bonchev–Trinajstić information content (AvgIpc) is 3.26. The second kappa shape index (κ2) is 10.4. The van der Waals surface area contributed by atoms with Crippen molar-refractivity contribution < 1.29 is 19.1 Å². The van der Waals surface area contributed by atoms with Crippen LogP contribution >= 0.6 is 0 Å². The van der Waals surface area contributed by atoms with Crippen LogP contribution in [0.5, 0.6) is 5.75 Å². The van der Waals surface area contributed by atoms with Gasteiger partial charge in [-0.2, -0.15) is 5.10 Å². The van der Waals surface area contributed by atoms with Crippen LogP contribution < -0.4 is 15.0 Å². The van der Waals surface area contributed by atoms with E-state index in [2.05, 4.69) is 27.4 Å². The van der Waals surface area contributed by atoms with Crippen molar-refractivity contribution in [1.29, 1.82) is 0 Å². The second-order valence-corrected chi connectivity index (χ2v) is 8.26. The smallest absolute Gasteiger partial charge is 0.341 e. The quantitative estimate of drug-likeness (QED) is 0.538. The topological polar surface area (TPSA) is 85.7 Å². The predicted octanol–water partition coefficient (Wildman–Crippen LogP) is 3.76. The van der Waals surface area contributed by atoms with Crippen molar-refractivity contribution >= 4 is 17.6 Å². The summed E-state index contributed by atoms with van der Waals surface area (Å²) in [5, 5.41) is 7.46. The molecule has 4 rings (SSSR count). The van der Waals surface area contributed by atoms with Crippen molar-refractivity contribution in [2.24, 2.45) is 0 Å². The van der Waals surface area contributed by atoms with Gasteiger partial charge in [0.25, 0.3) is 5.91 Å². The molecule has 8 nitrogen and oxygen atoms in total. The first-order valence-corrected chi connectivity index (χ1v) is 11.5. The molecule has 8 heteroatoms. The summed E-state index contributed by atoms with van der Waals surface area (Å²) >= 11 is 0. The third kappa shape index (κ3) is 5.06. The average molecular weight is 463 g/mol. The first-order valence-electron chi connectivity index (χ1n) is 11.5. The Labute approximate surface area is 199 Å². The summed E-state index contributed by atoms with van der Waals surface area (Å²) in [5.41, 5.74) is 3.67. The number of methoxy groups -OCH3 is 1. The SMILES string of the molecule is CCOC(=O)c1cnn(-c2ccc(C(=O)NC3CCN(c4ccc(OC)cc4)CC3)cc2)c1C. The van der Waals surface area contributed by atoms with Gasteiger partial charge >= 0.3 is 5.97 Å². The first kappa shape index (κ1) is 23.4. The third-order valence-electron chi connectivity index (χ3n) is 6.15. The van der Waals surface area contributed by atoms with E-state index in [1.165, 1.54) is 11.9 Å². The molecular weight excluding hydrogens is 432 g/mol. The normalized spacial score (nSPS) is 14.0. The van der Waals surface area contributed by atoms with Crippen LogP contribution in [0.4, 0.5) is 5.69 Å². The number of piperidine rings is 1. The largest absolute Gasteiger partial charge is 0.497 e. The van der Waals surface area contributed by atoms with Gasteiger partial charge in [0.1, 0.15) is 11.3 Å². The number of nitrogens with one attached hydrogen (secondary N) is 1. The Morgan fingerprint density at radius 1 is 1.03 bits per heavy atom. The molecule has 0 spiro atoms. The number of benzene rings is 2. The summed E-state index contributed by atoms with van der Waals surface area (Å²) in [6.07, 6.45) is 3.28. The lowest BCUT2D eigenvalue weighted by molar-refractivity contribution is 0.0525. The van der Waals surface area contributed by atoms with E-state index in [0.717, 1.165) is 37.4 Å². The highest BCUT2D eigenvalue weighted by Crippen LogP contribution is 2.23. The van der Waals surface area contributed by atoms with E-state index >= 15 is 0 Å². The molecule has 178 valence electrons. The Bertz CT molecular complexity index is 1130. The summed E-state index contributed by atoms with van der Waals surface area (Å²) in [6.45, 7) is 5.67. The Morgan fingerprint density at radius 3 is 2.29 bits per heavy atom. The van der Waals surface area contributed by atoms with Gasteiger partial charge in [-0.3, -0.25) is 4.79 Å².